The average molecular weight is 620 g/mol. The van der Waals surface area contributed by atoms with Crippen LogP contribution in [0.1, 0.15) is 51.9 Å². The van der Waals surface area contributed by atoms with Gasteiger partial charge in [0.05, 0.1) is 29.3 Å². The van der Waals surface area contributed by atoms with Crippen molar-refractivity contribution in [2.24, 2.45) is 5.92 Å². The fourth-order valence-corrected chi connectivity index (χ4v) is 7.16. The van der Waals surface area contributed by atoms with E-state index in [2.05, 4.69) is 11.6 Å². The first-order chi connectivity index (χ1) is 20.7. The first-order valence-electron chi connectivity index (χ1n) is 13.8. The molecule has 0 radical (unpaired) electrons. The van der Waals surface area contributed by atoms with Gasteiger partial charge < -0.3 is 19.7 Å². The molecule has 4 unspecified atom stereocenters. The highest BCUT2D eigenvalue weighted by molar-refractivity contribution is 7.99. The largest absolute Gasteiger partial charge is 0.478 e. The van der Waals surface area contributed by atoms with E-state index in [9.17, 15) is 23.4 Å². The molecule has 0 aliphatic carbocycles. The van der Waals surface area contributed by atoms with Crippen LogP contribution < -0.4 is 4.72 Å². The van der Waals surface area contributed by atoms with Gasteiger partial charge in [0.1, 0.15) is 0 Å². The first-order valence-corrected chi connectivity index (χ1v) is 16.3. The van der Waals surface area contributed by atoms with Gasteiger partial charge >= 0.3 is 5.97 Å². The van der Waals surface area contributed by atoms with E-state index < -0.39 is 22.3 Å². The fourth-order valence-electron chi connectivity index (χ4n) is 4.90. The third kappa shape index (κ3) is 7.53. The zero-order valence-corrected chi connectivity index (χ0v) is 25.1. The second-order valence-electron chi connectivity index (χ2n) is 10.3. The van der Waals surface area contributed by atoms with E-state index in [4.69, 9.17) is 9.47 Å². The minimum atomic E-state index is -3.64. The van der Waals surface area contributed by atoms with Gasteiger partial charge in [0.25, 0.3) is 0 Å². The molecule has 0 bridgehead atoms. The molecule has 1 aliphatic heterocycles. The molecule has 1 heterocycles. The van der Waals surface area contributed by atoms with Crippen LogP contribution in [0, 0.1) is 5.92 Å². The van der Waals surface area contributed by atoms with Crippen molar-refractivity contribution in [3.05, 3.63) is 131 Å². The Morgan fingerprint density at radius 2 is 1.47 bits per heavy atom. The number of rotatable bonds is 11. The summed E-state index contributed by atoms with van der Waals surface area (Å²) in [4.78, 5) is 12.6. The smallest absolute Gasteiger partial charge is 0.336 e. The molecular weight excluding hydrogens is 586 g/mol. The number of sulfonamides is 1. The maximum absolute atomic E-state index is 12.6. The molecular formula is C33H33NO7S2. The Morgan fingerprint density at radius 3 is 2.14 bits per heavy atom. The Kier molecular flexibility index (Phi) is 9.97. The van der Waals surface area contributed by atoms with Crippen LogP contribution in [0.3, 0.4) is 0 Å². The molecule has 3 N–H and O–H groups in total. The lowest BCUT2D eigenvalue weighted by molar-refractivity contribution is -0.268. The van der Waals surface area contributed by atoms with Crippen molar-refractivity contribution in [2.75, 3.05) is 5.75 Å². The first kappa shape index (κ1) is 30.9. The average Bonchev–Trinajstić information content (AvgIpc) is 3.04. The Labute approximate surface area is 255 Å². The molecule has 4 aromatic rings. The maximum Gasteiger partial charge on any atom is 0.336 e. The van der Waals surface area contributed by atoms with Gasteiger partial charge in [0.15, 0.2) is 6.29 Å². The molecule has 0 saturated carbocycles. The summed E-state index contributed by atoms with van der Waals surface area (Å²) in [6, 6.07) is 30.2. The highest BCUT2D eigenvalue weighted by Crippen LogP contribution is 2.43. The normalized spacial score (nSPS) is 20.5. The Bertz CT molecular complexity index is 1630. The van der Waals surface area contributed by atoms with Gasteiger partial charge in [0, 0.05) is 28.7 Å². The monoisotopic (exact) mass is 619 g/mol. The molecule has 5 rings (SSSR count). The Balaban J connectivity index is 1.34. The third-order valence-electron chi connectivity index (χ3n) is 7.42. The molecule has 4 atom stereocenters. The number of aliphatic hydroxyl groups is 1. The summed E-state index contributed by atoms with van der Waals surface area (Å²) in [5.74, 6) is -0.530. The number of carbonyl (C=O) groups is 1. The number of aromatic carboxylic acids is 1. The predicted octanol–water partition coefficient (Wildman–Crippen LogP) is 5.94. The van der Waals surface area contributed by atoms with Gasteiger partial charge in [-0.05, 0) is 41.0 Å². The molecule has 224 valence electrons. The van der Waals surface area contributed by atoms with Crippen LogP contribution in [0.5, 0.6) is 0 Å². The van der Waals surface area contributed by atoms with Gasteiger partial charge in [-0.1, -0.05) is 85.8 Å². The molecule has 0 spiro atoms. The van der Waals surface area contributed by atoms with Gasteiger partial charge in [-0.3, -0.25) is 0 Å². The lowest BCUT2D eigenvalue weighted by atomic mass is 9.91. The molecule has 1 fully saturated rings. The van der Waals surface area contributed by atoms with E-state index in [1.807, 2.05) is 54.6 Å². The maximum atomic E-state index is 12.6. The number of aliphatic hydroxyl groups excluding tert-OH is 1. The van der Waals surface area contributed by atoms with Crippen LogP contribution in [0.4, 0.5) is 0 Å². The summed E-state index contributed by atoms with van der Waals surface area (Å²) in [7, 11) is -3.64. The molecule has 43 heavy (non-hydrogen) atoms. The number of carboxylic acid groups (broad SMARTS) is 1. The quantitative estimate of drug-likeness (QED) is 0.176. The van der Waals surface area contributed by atoms with E-state index in [1.54, 1.807) is 48.5 Å². The summed E-state index contributed by atoms with van der Waals surface area (Å²) < 4.78 is 40.8. The van der Waals surface area contributed by atoms with Crippen molar-refractivity contribution >= 4 is 27.8 Å². The lowest BCUT2D eigenvalue weighted by Crippen LogP contribution is -2.38. The fraction of sp³-hybridized carbons (Fsp3) is 0.242. The van der Waals surface area contributed by atoms with Crippen LogP contribution in [0.15, 0.2) is 113 Å². The van der Waals surface area contributed by atoms with Crippen LogP contribution in [0.2, 0.25) is 0 Å². The third-order valence-corrected chi connectivity index (χ3v) is 10.00. The molecule has 8 nitrogen and oxygen atoms in total. The predicted molar refractivity (Wildman–Crippen MR) is 164 cm³/mol. The van der Waals surface area contributed by atoms with Crippen molar-refractivity contribution in [2.45, 2.75) is 48.4 Å². The van der Waals surface area contributed by atoms with Crippen LogP contribution in [-0.2, 0) is 32.6 Å². The van der Waals surface area contributed by atoms with Crippen molar-refractivity contribution in [1.29, 1.82) is 0 Å². The standard InChI is InChI=1S/C33H33NO7S2/c1-22-29(21-42-30-10-6-5-9-28(30)32(36)37)40-33(41-31(22)25-15-13-24(20-35)14-16-25)26-17-11-23(12-18-26)19-34-43(38,39)27-7-3-2-4-8-27/h2-18,22,29,31,33-35H,19-21H2,1H3,(H,36,37). The number of benzene rings is 4. The van der Waals surface area contributed by atoms with Crippen molar-refractivity contribution in [3.8, 4) is 0 Å². The summed E-state index contributed by atoms with van der Waals surface area (Å²) in [6.07, 6.45) is -1.29. The molecule has 4 aromatic carbocycles. The van der Waals surface area contributed by atoms with Gasteiger partial charge in [0.2, 0.25) is 10.0 Å². The highest BCUT2D eigenvalue weighted by Gasteiger charge is 2.38. The summed E-state index contributed by atoms with van der Waals surface area (Å²) >= 11 is 1.44. The minimum absolute atomic E-state index is 0.0524. The second kappa shape index (κ2) is 13.9. The van der Waals surface area contributed by atoms with Crippen molar-refractivity contribution in [3.63, 3.8) is 0 Å². The number of carboxylic acids is 1. The zero-order chi connectivity index (χ0) is 30.4. The molecule has 10 heteroatoms. The van der Waals surface area contributed by atoms with Gasteiger partial charge in [-0.2, -0.15) is 0 Å². The SMILES string of the molecule is CC1C(CSc2ccccc2C(=O)O)OC(c2ccc(CNS(=O)(=O)c3ccccc3)cc2)OC1c1ccc(CO)cc1. The molecule has 1 saturated heterocycles. The topological polar surface area (TPSA) is 122 Å². The number of hydrogen-bond acceptors (Lipinski definition) is 7. The Morgan fingerprint density at radius 1 is 0.837 bits per heavy atom. The summed E-state index contributed by atoms with van der Waals surface area (Å²) in [6.45, 7) is 2.13. The van der Waals surface area contributed by atoms with E-state index >= 15 is 0 Å². The summed E-state index contributed by atoms with van der Waals surface area (Å²) in [5.41, 5.74) is 3.56. The minimum Gasteiger partial charge on any atom is -0.478 e. The molecule has 1 aliphatic rings. The Hall–Kier alpha value is -3.51. The van der Waals surface area contributed by atoms with E-state index in [0.717, 1.165) is 22.3 Å². The number of nitrogens with one attached hydrogen (secondary N) is 1. The van der Waals surface area contributed by atoms with Gasteiger partial charge in [-0.25, -0.2) is 17.9 Å². The van der Waals surface area contributed by atoms with Crippen molar-refractivity contribution < 1.29 is 32.9 Å². The van der Waals surface area contributed by atoms with E-state index in [0.29, 0.717) is 10.6 Å². The van der Waals surface area contributed by atoms with Crippen LogP contribution >= 0.6 is 11.8 Å². The van der Waals surface area contributed by atoms with Crippen LogP contribution in [0.25, 0.3) is 0 Å². The zero-order valence-electron chi connectivity index (χ0n) is 23.5. The van der Waals surface area contributed by atoms with Crippen molar-refractivity contribution in [1.82, 2.24) is 4.72 Å². The number of thioether (sulfide) groups is 1. The number of ether oxygens (including phenoxy) is 2. The van der Waals surface area contributed by atoms with E-state index in [1.165, 1.54) is 11.8 Å². The second-order valence-corrected chi connectivity index (χ2v) is 13.1. The highest BCUT2D eigenvalue weighted by atomic mass is 32.2. The number of hydrogen-bond donors (Lipinski definition) is 3. The lowest BCUT2D eigenvalue weighted by Gasteiger charge is -2.41. The van der Waals surface area contributed by atoms with Gasteiger partial charge in [-0.15, -0.1) is 11.8 Å². The summed E-state index contributed by atoms with van der Waals surface area (Å²) in [5, 5.41) is 19.1. The van der Waals surface area contributed by atoms with Crippen LogP contribution in [-0.4, -0.2) is 36.5 Å². The molecule has 0 aromatic heterocycles. The van der Waals surface area contributed by atoms with E-state index in [-0.39, 0.29) is 41.7 Å². The molecule has 0 amide bonds.